The topological polar surface area (TPSA) is 38.1 Å². The average molecular weight is 324 g/mol. The molecule has 118 valence electrons. The molecule has 2 heterocycles. The second kappa shape index (κ2) is 7.40. The van der Waals surface area contributed by atoms with E-state index in [9.17, 15) is 9.18 Å². The number of hydrogen-bond donors (Lipinski definition) is 0. The van der Waals surface area contributed by atoms with Crippen LogP contribution in [0.5, 0.6) is 0 Å². The second-order valence-corrected chi connectivity index (χ2v) is 5.47. The van der Waals surface area contributed by atoms with E-state index in [1.54, 1.807) is 29.3 Å². The third-order valence-electron chi connectivity index (χ3n) is 4.03. The van der Waals surface area contributed by atoms with E-state index >= 15 is 0 Å². The summed E-state index contributed by atoms with van der Waals surface area (Å²) in [6, 6.07) is 6.18. The number of amides is 1. The van der Waals surface area contributed by atoms with E-state index in [2.05, 4.69) is 9.55 Å². The molecular weight excluding hydrogens is 305 g/mol. The molecule has 1 aliphatic rings. The lowest BCUT2D eigenvalue weighted by Crippen LogP contribution is -2.39. The maximum atomic E-state index is 13.7. The number of aromatic nitrogens is 2. The normalized spacial score (nSPS) is 15.4. The molecular formula is C16H19ClFN3O. The number of rotatable bonds is 3. The Kier molecular flexibility index (Phi) is 5.55. The third-order valence-corrected chi connectivity index (χ3v) is 4.03. The van der Waals surface area contributed by atoms with Gasteiger partial charge in [0, 0.05) is 32.0 Å². The number of halogens is 2. The highest BCUT2D eigenvalue weighted by molar-refractivity contribution is 5.94. The van der Waals surface area contributed by atoms with Crippen LogP contribution < -0.4 is 0 Å². The molecule has 0 radical (unpaired) electrons. The van der Waals surface area contributed by atoms with Crippen LogP contribution in [0.25, 0.3) is 0 Å². The van der Waals surface area contributed by atoms with Crippen LogP contribution in [0.3, 0.4) is 0 Å². The van der Waals surface area contributed by atoms with Crippen LogP contribution in [0.4, 0.5) is 4.39 Å². The minimum Gasteiger partial charge on any atom is -0.339 e. The molecule has 1 aliphatic heterocycles. The minimum absolute atomic E-state index is 0. The number of likely N-dealkylation sites (tertiary alicyclic amines) is 1. The van der Waals surface area contributed by atoms with Crippen LogP contribution in [-0.2, 0) is 6.54 Å². The molecule has 1 saturated heterocycles. The third kappa shape index (κ3) is 3.65. The molecule has 0 spiro atoms. The monoisotopic (exact) mass is 323 g/mol. The van der Waals surface area contributed by atoms with Crippen molar-refractivity contribution in [1.29, 1.82) is 0 Å². The van der Waals surface area contributed by atoms with Crippen molar-refractivity contribution in [2.24, 2.45) is 5.92 Å². The van der Waals surface area contributed by atoms with Crippen molar-refractivity contribution in [3.63, 3.8) is 0 Å². The molecule has 0 aliphatic carbocycles. The lowest BCUT2D eigenvalue weighted by Gasteiger charge is -2.32. The van der Waals surface area contributed by atoms with E-state index in [-0.39, 0.29) is 23.9 Å². The van der Waals surface area contributed by atoms with Gasteiger partial charge in [0.05, 0.1) is 11.9 Å². The first-order chi connectivity index (χ1) is 10.2. The van der Waals surface area contributed by atoms with Gasteiger partial charge in [-0.2, -0.15) is 0 Å². The lowest BCUT2D eigenvalue weighted by atomic mass is 9.96. The van der Waals surface area contributed by atoms with Gasteiger partial charge in [-0.1, -0.05) is 12.1 Å². The summed E-state index contributed by atoms with van der Waals surface area (Å²) >= 11 is 0. The number of imidazole rings is 1. The summed E-state index contributed by atoms with van der Waals surface area (Å²) in [4.78, 5) is 18.1. The molecule has 0 N–H and O–H groups in total. The molecule has 1 aromatic heterocycles. The van der Waals surface area contributed by atoms with E-state index < -0.39 is 5.82 Å². The summed E-state index contributed by atoms with van der Waals surface area (Å²) < 4.78 is 15.7. The van der Waals surface area contributed by atoms with Crippen molar-refractivity contribution in [1.82, 2.24) is 14.5 Å². The van der Waals surface area contributed by atoms with Crippen molar-refractivity contribution in [3.05, 3.63) is 54.4 Å². The number of nitrogens with zero attached hydrogens (tertiary/aromatic N) is 3. The molecule has 4 nitrogen and oxygen atoms in total. The predicted octanol–water partition coefficient (Wildman–Crippen LogP) is 3.00. The van der Waals surface area contributed by atoms with Crippen molar-refractivity contribution in [2.75, 3.05) is 13.1 Å². The van der Waals surface area contributed by atoms with E-state index in [1.807, 2.05) is 12.5 Å². The molecule has 1 amide bonds. The number of hydrogen-bond acceptors (Lipinski definition) is 2. The Morgan fingerprint density at radius 3 is 2.64 bits per heavy atom. The summed E-state index contributed by atoms with van der Waals surface area (Å²) in [5.41, 5.74) is 0.172. The van der Waals surface area contributed by atoms with Crippen LogP contribution in [0.2, 0.25) is 0 Å². The van der Waals surface area contributed by atoms with Crippen molar-refractivity contribution >= 4 is 18.3 Å². The van der Waals surface area contributed by atoms with Crippen LogP contribution in [0, 0.1) is 11.7 Å². The molecule has 0 saturated carbocycles. The van der Waals surface area contributed by atoms with Gasteiger partial charge in [-0.05, 0) is 30.9 Å². The van der Waals surface area contributed by atoms with E-state index in [1.165, 1.54) is 6.07 Å². The molecule has 1 aromatic carbocycles. The first-order valence-electron chi connectivity index (χ1n) is 7.23. The molecule has 1 fully saturated rings. The van der Waals surface area contributed by atoms with E-state index in [4.69, 9.17) is 0 Å². The summed E-state index contributed by atoms with van der Waals surface area (Å²) in [5.74, 6) is -0.0962. The van der Waals surface area contributed by atoms with Gasteiger partial charge in [0.15, 0.2) is 0 Å². The Morgan fingerprint density at radius 2 is 2.00 bits per heavy atom. The maximum Gasteiger partial charge on any atom is 0.256 e. The van der Waals surface area contributed by atoms with Gasteiger partial charge >= 0.3 is 0 Å². The van der Waals surface area contributed by atoms with E-state index in [0.29, 0.717) is 19.0 Å². The van der Waals surface area contributed by atoms with Gasteiger partial charge in [-0.15, -0.1) is 12.4 Å². The largest absolute Gasteiger partial charge is 0.339 e. The van der Waals surface area contributed by atoms with Gasteiger partial charge < -0.3 is 9.47 Å². The minimum atomic E-state index is -0.442. The summed E-state index contributed by atoms with van der Waals surface area (Å²) in [7, 11) is 0. The fourth-order valence-corrected chi connectivity index (χ4v) is 2.82. The number of carbonyl (C=O) groups is 1. The van der Waals surface area contributed by atoms with Gasteiger partial charge in [0.1, 0.15) is 5.82 Å². The van der Waals surface area contributed by atoms with Crippen LogP contribution in [-0.4, -0.2) is 33.4 Å². The van der Waals surface area contributed by atoms with Crippen LogP contribution in [0.1, 0.15) is 23.2 Å². The maximum absolute atomic E-state index is 13.7. The molecule has 0 unspecified atom stereocenters. The fourth-order valence-electron chi connectivity index (χ4n) is 2.82. The molecule has 0 atom stereocenters. The lowest BCUT2D eigenvalue weighted by molar-refractivity contribution is 0.0678. The molecule has 6 heteroatoms. The quantitative estimate of drug-likeness (QED) is 0.871. The van der Waals surface area contributed by atoms with Gasteiger partial charge in [-0.3, -0.25) is 4.79 Å². The standard InChI is InChI=1S/C16H18FN3O.ClH/c17-15-4-2-1-3-14(15)16(21)20-8-5-13(6-9-20)11-19-10-7-18-12-19;/h1-4,7,10,12-13H,5-6,8-9,11H2;1H. The van der Waals surface area contributed by atoms with Crippen molar-refractivity contribution < 1.29 is 9.18 Å². The van der Waals surface area contributed by atoms with Crippen molar-refractivity contribution in [2.45, 2.75) is 19.4 Å². The highest BCUT2D eigenvalue weighted by atomic mass is 35.5. The van der Waals surface area contributed by atoms with Crippen LogP contribution >= 0.6 is 12.4 Å². The molecule has 22 heavy (non-hydrogen) atoms. The zero-order valence-corrected chi connectivity index (χ0v) is 13.0. The Morgan fingerprint density at radius 1 is 1.27 bits per heavy atom. The van der Waals surface area contributed by atoms with Gasteiger partial charge in [-0.25, -0.2) is 9.37 Å². The average Bonchev–Trinajstić information content (AvgIpc) is 3.01. The van der Waals surface area contributed by atoms with E-state index in [0.717, 1.165) is 19.4 Å². The predicted molar refractivity (Wildman–Crippen MR) is 84.5 cm³/mol. The number of carbonyl (C=O) groups excluding carboxylic acids is 1. The Balaban J connectivity index is 0.00000176. The Bertz CT molecular complexity index is 610. The molecule has 2 aromatic rings. The van der Waals surface area contributed by atoms with Gasteiger partial charge in [0.25, 0.3) is 5.91 Å². The van der Waals surface area contributed by atoms with Crippen molar-refractivity contribution in [3.8, 4) is 0 Å². The highest BCUT2D eigenvalue weighted by Gasteiger charge is 2.25. The highest BCUT2D eigenvalue weighted by Crippen LogP contribution is 2.21. The smallest absolute Gasteiger partial charge is 0.256 e. The van der Waals surface area contributed by atoms with Crippen LogP contribution in [0.15, 0.2) is 43.0 Å². The first kappa shape index (κ1) is 16.5. The summed E-state index contributed by atoms with van der Waals surface area (Å²) in [5, 5.41) is 0. The summed E-state index contributed by atoms with van der Waals surface area (Å²) in [6.07, 6.45) is 7.43. The van der Waals surface area contributed by atoms with Gasteiger partial charge in [0.2, 0.25) is 0 Å². The zero-order chi connectivity index (χ0) is 14.7. The number of piperidine rings is 1. The molecule has 3 rings (SSSR count). The Hall–Kier alpha value is -1.88. The fraction of sp³-hybridized carbons (Fsp3) is 0.375. The SMILES string of the molecule is Cl.O=C(c1ccccc1F)N1CCC(Cn2ccnc2)CC1. The molecule has 0 bridgehead atoms. The zero-order valence-electron chi connectivity index (χ0n) is 12.2. The summed E-state index contributed by atoms with van der Waals surface area (Å²) in [6.45, 7) is 2.31. The first-order valence-corrected chi connectivity index (χ1v) is 7.23. The Labute approximate surface area is 135 Å². The second-order valence-electron chi connectivity index (χ2n) is 5.47. The number of benzene rings is 1.